The monoisotopic (exact) mass is 420 g/mol. The minimum Gasteiger partial charge on any atom is -0.385 e. The molecule has 156 valence electrons. The molecule has 8 heteroatoms. The number of halogens is 2. The first-order chi connectivity index (χ1) is 14.0. The van der Waals surface area contributed by atoms with Gasteiger partial charge in [-0.15, -0.1) is 11.3 Å². The van der Waals surface area contributed by atoms with Crippen LogP contribution in [0.3, 0.4) is 0 Å². The summed E-state index contributed by atoms with van der Waals surface area (Å²) in [5, 5.41) is 4.22. The lowest BCUT2D eigenvalue weighted by molar-refractivity contribution is 0.100. The summed E-state index contributed by atoms with van der Waals surface area (Å²) in [6, 6.07) is 4.86. The Labute approximate surface area is 174 Å². The van der Waals surface area contributed by atoms with Gasteiger partial charge in [0.2, 0.25) is 0 Å². The van der Waals surface area contributed by atoms with Crippen molar-refractivity contribution in [2.75, 3.05) is 45.7 Å². The van der Waals surface area contributed by atoms with Gasteiger partial charge in [0.15, 0.2) is 11.6 Å². The van der Waals surface area contributed by atoms with Crippen LogP contribution in [0, 0.1) is 11.6 Å². The Morgan fingerprint density at radius 2 is 2.03 bits per heavy atom. The molecule has 2 aliphatic rings. The molecule has 1 N–H and O–H groups in total. The fraction of sp³-hybridized carbons (Fsp3) is 0.476. The number of hydrogen-bond donors (Lipinski definition) is 1. The van der Waals surface area contributed by atoms with Gasteiger partial charge in [-0.2, -0.15) is 0 Å². The van der Waals surface area contributed by atoms with Crippen LogP contribution in [0.2, 0.25) is 0 Å². The van der Waals surface area contributed by atoms with Crippen molar-refractivity contribution in [3.8, 4) is 0 Å². The molecule has 29 heavy (non-hydrogen) atoms. The number of fused-ring (bicyclic) bond motifs is 2. The number of ether oxygens (including phenoxy) is 1. The average molecular weight is 421 g/mol. The maximum absolute atomic E-state index is 13.9. The van der Waals surface area contributed by atoms with Gasteiger partial charge in [-0.1, -0.05) is 6.92 Å². The quantitative estimate of drug-likeness (QED) is 0.797. The number of anilines is 2. The first-order valence-electron chi connectivity index (χ1n) is 9.92. The molecule has 1 saturated heterocycles. The number of rotatable bonds is 4. The molecule has 0 unspecified atom stereocenters. The molecule has 2 aromatic rings. The Hall–Kier alpha value is -2.03. The Morgan fingerprint density at radius 3 is 2.79 bits per heavy atom. The highest BCUT2D eigenvalue weighted by molar-refractivity contribution is 7.16. The normalized spacial score (nSPS) is 19.3. The van der Waals surface area contributed by atoms with Crippen molar-refractivity contribution in [2.45, 2.75) is 25.8 Å². The summed E-state index contributed by atoms with van der Waals surface area (Å²) in [5.41, 5.74) is 1.92. The molecule has 0 bridgehead atoms. The second kappa shape index (κ2) is 8.38. The number of benzene rings is 1. The number of likely N-dealkylation sites (N-methyl/N-ethyl adjacent to an activating group) is 1. The second-order valence-corrected chi connectivity index (χ2v) is 8.65. The van der Waals surface area contributed by atoms with Crippen molar-refractivity contribution in [1.29, 1.82) is 0 Å². The zero-order valence-electron chi connectivity index (χ0n) is 17.0. The smallest absolute Gasteiger partial charge is 0.161 e. The Bertz CT molecular complexity index is 930. The topological polar surface area (TPSA) is 40.1 Å². The van der Waals surface area contributed by atoms with E-state index in [4.69, 9.17) is 9.73 Å². The summed E-state index contributed by atoms with van der Waals surface area (Å²) in [4.78, 5) is 10.7. The number of aryl methyl sites for hydroxylation is 1. The first-order valence-corrected chi connectivity index (χ1v) is 10.7. The fourth-order valence-electron chi connectivity index (χ4n) is 3.85. The van der Waals surface area contributed by atoms with Gasteiger partial charge in [0, 0.05) is 56.4 Å². The third kappa shape index (κ3) is 4.01. The van der Waals surface area contributed by atoms with Crippen LogP contribution in [0.25, 0.3) is 0 Å². The minimum atomic E-state index is -0.885. The average Bonchev–Trinajstić information content (AvgIpc) is 3.05. The predicted molar refractivity (Wildman–Crippen MR) is 114 cm³/mol. The summed E-state index contributed by atoms with van der Waals surface area (Å²) in [7, 11) is 3.85. The standard InChI is InChI=1S/C21H26F2N4OS/c1-4-14-9-15-20(27-7-6-26(2)13(12-27)5-8-28-3)24-18-10-16(22)17(23)11-19(18)25-21(15)29-14/h9-11,13,25H,4-8,12H2,1-3H3/t13-/m0/s1. The molecule has 0 spiro atoms. The molecular weight excluding hydrogens is 394 g/mol. The van der Waals surface area contributed by atoms with Crippen LogP contribution in [0.1, 0.15) is 23.8 Å². The van der Waals surface area contributed by atoms with E-state index in [0.29, 0.717) is 24.0 Å². The zero-order valence-corrected chi connectivity index (χ0v) is 17.8. The lowest BCUT2D eigenvalue weighted by Crippen LogP contribution is -2.53. The summed E-state index contributed by atoms with van der Waals surface area (Å²) in [6.45, 7) is 5.37. The molecule has 1 aromatic carbocycles. The molecule has 1 fully saturated rings. The Kier molecular flexibility index (Phi) is 5.85. The Morgan fingerprint density at radius 1 is 1.24 bits per heavy atom. The first kappa shape index (κ1) is 20.3. The van der Waals surface area contributed by atoms with E-state index in [1.807, 2.05) is 0 Å². The van der Waals surface area contributed by atoms with Crippen LogP contribution in [0.4, 0.5) is 25.2 Å². The third-order valence-corrected chi connectivity index (χ3v) is 6.81. The van der Waals surface area contributed by atoms with Crippen LogP contribution >= 0.6 is 11.3 Å². The van der Waals surface area contributed by atoms with Gasteiger partial charge in [-0.25, -0.2) is 13.8 Å². The second-order valence-electron chi connectivity index (χ2n) is 7.51. The molecule has 4 rings (SSSR count). The maximum Gasteiger partial charge on any atom is 0.161 e. The van der Waals surface area contributed by atoms with Crippen LogP contribution in [0.15, 0.2) is 23.2 Å². The van der Waals surface area contributed by atoms with Gasteiger partial charge in [0.25, 0.3) is 0 Å². The number of amidine groups is 1. The van der Waals surface area contributed by atoms with E-state index in [1.54, 1.807) is 18.4 Å². The van der Waals surface area contributed by atoms with Crippen molar-refractivity contribution in [3.05, 3.63) is 40.3 Å². The van der Waals surface area contributed by atoms with Crippen LogP contribution < -0.4 is 5.32 Å². The van der Waals surface area contributed by atoms with E-state index < -0.39 is 11.6 Å². The van der Waals surface area contributed by atoms with Gasteiger partial charge < -0.3 is 15.0 Å². The highest BCUT2D eigenvalue weighted by Gasteiger charge is 2.30. The third-order valence-electron chi connectivity index (χ3n) is 5.62. The van der Waals surface area contributed by atoms with Crippen molar-refractivity contribution < 1.29 is 13.5 Å². The van der Waals surface area contributed by atoms with E-state index in [9.17, 15) is 8.78 Å². The fourth-order valence-corrected chi connectivity index (χ4v) is 4.85. The van der Waals surface area contributed by atoms with E-state index in [1.165, 1.54) is 17.0 Å². The number of thiophene rings is 1. The summed E-state index contributed by atoms with van der Waals surface area (Å²) < 4.78 is 33.1. The summed E-state index contributed by atoms with van der Waals surface area (Å²) in [5.74, 6) is -0.934. The van der Waals surface area contributed by atoms with E-state index in [2.05, 4.69) is 35.2 Å². The zero-order chi connectivity index (χ0) is 20.5. The van der Waals surface area contributed by atoms with Crippen molar-refractivity contribution >= 4 is 33.5 Å². The number of aliphatic imine (C=N–C) groups is 1. The van der Waals surface area contributed by atoms with Crippen molar-refractivity contribution in [3.63, 3.8) is 0 Å². The number of nitrogens with zero attached hydrogens (tertiary/aromatic N) is 3. The lowest BCUT2D eigenvalue weighted by atomic mass is 10.1. The number of nitrogens with one attached hydrogen (secondary N) is 1. The summed E-state index contributed by atoms with van der Waals surface area (Å²) in [6.07, 6.45) is 1.85. The molecule has 3 heterocycles. The van der Waals surface area contributed by atoms with E-state index in [0.717, 1.165) is 48.9 Å². The predicted octanol–water partition coefficient (Wildman–Crippen LogP) is 4.38. The van der Waals surface area contributed by atoms with Crippen molar-refractivity contribution in [1.82, 2.24) is 9.80 Å². The van der Waals surface area contributed by atoms with Gasteiger partial charge in [-0.05, 0) is 26.0 Å². The SMILES string of the molecule is CCc1cc2c(s1)Nc1cc(F)c(F)cc1N=C2N1CCN(C)[C@@H](CCOC)C1. The molecule has 1 aromatic heterocycles. The number of piperazine rings is 1. The molecule has 1 atom stereocenters. The van der Waals surface area contributed by atoms with Crippen LogP contribution in [-0.4, -0.2) is 62.1 Å². The maximum atomic E-state index is 13.9. The molecule has 0 aliphatic carbocycles. The van der Waals surface area contributed by atoms with Gasteiger partial charge >= 0.3 is 0 Å². The van der Waals surface area contributed by atoms with Crippen LogP contribution in [-0.2, 0) is 11.2 Å². The van der Waals surface area contributed by atoms with Crippen LogP contribution in [0.5, 0.6) is 0 Å². The highest BCUT2D eigenvalue weighted by Crippen LogP contribution is 2.40. The van der Waals surface area contributed by atoms with Gasteiger partial charge in [0.1, 0.15) is 10.8 Å². The Balaban J connectivity index is 1.75. The van der Waals surface area contributed by atoms with Gasteiger partial charge in [-0.3, -0.25) is 4.90 Å². The largest absolute Gasteiger partial charge is 0.385 e. The molecule has 0 amide bonds. The number of methoxy groups -OCH3 is 1. The highest BCUT2D eigenvalue weighted by atomic mass is 32.1. The molecule has 5 nitrogen and oxygen atoms in total. The minimum absolute atomic E-state index is 0.347. The molecular formula is C21H26F2N4OS. The van der Waals surface area contributed by atoms with Crippen molar-refractivity contribution in [2.24, 2.45) is 4.99 Å². The van der Waals surface area contributed by atoms with E-state index >= 15 is 0 Å². The van der Waals surface area contributed by atoms with E-state index in [-0.39, 0.29) is 0 Å². The number of hydrogen-bond acceptors (Lipinski definition) is 6. The molecule has 2 aliphatic heterocycles. The summed E-state index contributed by atoms with van der Waals surface area (Å²) >= 11 is 1.64. The van der Waals surface area contributed by atoms with Gasteiger partial charge in [0.05, 0.1) is 16.9 Å². The molecule has 0 radical (unpaired) electrons. The molecule has 0 saturated carbocycles. The lowest BCUT2D eigenvalue weighted by Gasteiger charge is -2.40.